The number of hydrogen-bond acceptors (Lipinski definition) is 9. The quantitative estimate of drug-likeness (QED) is 0.238. The van der Waals surface area contributed by atoms with Gasteiger partial charge in [0.25, 0.3) is 15.9 Å². The van der Waals surface area contributed by atoms with E-state index in [1.807, 2.05) is 38.2 Å². The molecule has 1 N–H and O–H groups in total. The second-order valence-corrected chi connectivity index (χ2v) is 16.8. The van der Waals surface area contributed by atoms with Gasteiger partial charge in [-0.15, -0.1) is 0 Å². The molecule has 2 aromatic heterocycles. The highest BCUT2D eigenvalue weighted by molar-refractivity contribution is 7.92. The second kappa shape index (κ2) is 13.3. The van der Waals surface area contributed by atoms with Crippen molar-refractivity contribution in [3.8, 4) is 17.1 Å². The zero-order valence-corrected chi connectivity index (χ0v) is 30.2. The van der Waals surface area contributed by atoms with E-state index in [2.05, 4.69) is 45.3 Å². The maximum atomic E-state index is 14.6. The standard InChI is InChI=1S/C38H45N7O4S/c1-24-9-6-10-25(2)35(24)31-18-34-42-37(41-31)43-50(47,48)30-12-7-11-27(17-30)36(46)45(29(23-49-34)19-38(3,4)5)22-28-20-39-21-33(40-28)44-16-8-13-32(44)26-14-15-26/h6-7,9-12,17-18,20-21,26,29,32H,8,13-16,19,22-23H2,1-5H3,(H,41,42,43)/t29-,32+/m1/s1. The fourth-order valence-electron chi connectivity index (χ4n) is 7.38. The summed E-state index contributed by atoms with van der Waals surface area (Å²) >= 11 is 0. The number of amides is 1. The number of sulfonamides is 1. The van der Waals surface area contributed by atoms with Crippen LogP contribution in [0.5, 0.6) is 5.88 Å². The van der Waals surface area contributed by atoms with Gasteiger partial charge in [0, 0.05) is 29.8 Å². The molecular weight excluding hydrogens is 651 g/mol. The van der Waals surface area contributed by atoms with Crippen LogP contribution in [0.15, 0.2) is 65.8 Å². The van der Waals surface area contributed by atoms with Gasteiger partial charge in [-0.2, -0.15) is 4.98 Å². The molecule has 0 unspecified atom stereocenters. The zero-order valence-electron chi connectivity index (χ0n) is 29.4. The summed E-state index contributed by atoms with van der Waals surface area (Å²) in [5.41, 5.74) is 4.09. The van der Waals surface area contributed by atoms with Crippen LogP contribution in [0, 0.1) is 25.2 Å². The van der Waals surface area contributed by atoms with E-state index in [-0.39, 0.29) is 46.8 Å². The van der Waals surface area contributed by atoms with Crippen LogP contribution >= 0.6 is 0 Å². The van der Waals surface area contributed by atoms with Crippen LogP contribution in [0.1, 0.15) is 80.1 Å². The molecule has 1 saturated heterocycles. The summed E-state index contributed by atoms with van der Waals surface area (Å²) in [7, 11) is -4.17. The highest BCUT2D eigenvalue weighted by Crippen LogP contribution is 2.41. The topological polar surface area (TPSA) is 131 Å². The number of aromatic nitrogens is 4. The van der Waals surface area contributed by atoms with Gasteiger partial charge in [-0.3, -0.25) is 9.78 Å². The zero-order chi connectivity index (χ0) is 35.2. The Balaban J connectivity index is 1.31. The van der Waals surface area contributed by atoms with Crippen LogP contribution in [-0.2, 0) is 16.6 Å². The number of carbonyl (C=O) groups excluding carboxylic acids is 1. The van der Waals surface area contributed by atoms with E-state index in [0.29, 0.717) is 29.8 Å². The fourth-order valence-corrected chi connectivity index (χ4v) is 8.37. The number of benzene rings is 2. The summed E-state index contributed by atoms with van der Waals surface area (Å²) in [6, 6.07) is 13.8. The molecule has 4 bridgehead atoms. The second-order valence-electron chi connectivity index (χ2n) is 15.1. The number of anilines is 2. The molecule has 1 saturated carbocycles. The summed E-state index contributed by atoms with van der Waals surface area (Å²) in [6.07, 6.45) is 8.95. The normalized spacial score (nSPS) is 20.7. The van der Waals surface area contributed by atoms with Crippen molar-refractivity contribution < 1.29 is 17.9 Å². The third-order valence-electron chi connectivity index (χ3n) is 9.79. The number of carbonyl (C=O) groups is 1. The minimum Gasteiger partial charge on any atom is -0.475 e. The molecule has 4 heterocycles. The average molecular weight is 696 g/mol. The summed E-state index contributed by atoms with van der Waals surface area (Å²) < 4.78 is 36.5. The van der Waals surface area contributed by atoms with Crippen LogP contribution in [0.25, 0.3) is 11.3 Å². The number of aryl methyl sites for hydroxylation is 2. The van der Waals surface area contributed by atoms with Gasteiger partial charge in [-0.05, 0) is 86.6 Å². The first-order chi connectivity index (χ1) is 23.8. The Bertz CT molecular complexity index is 2010. The van der Waals surface area contributed by atoms with Crippen molar-refractivity contribution in [1.29, 1.82) is 0 Å². The van der Waals surface area contributed by atoms with Gasteiger partial charge in [0.15, 0.2) is 0 Å². The predicted molar refractivity (Wildman–Crippen MR) is 193 cm³/mol. The molecule has 1 amide bonds. The Morgan fingerprint density at radius 1 is 0.960 bits per heavy atom. The van der Waals surface area contributed by atoms with Crippen molar-refractivity contribution in [2.75, 3.05) is 22.8 Å². The molecule has 50 heavy (non-hydrogen) atoms. The Morgan fingerprint density at radius 2 is 1.72 bits per heavy atom. The first-order valence-corrected chi connectivity index (χ1v) is 18.9. The smallest absolute Gasteiger partial charge is 0.264 e. The van der Waals surface area contributed by atoms with Crippen LogP contribution in [0.4, 0.5) is 11.8 Å². The van der Waals surface area contributed by atoms with E-state index in [1.165, 1.54) is 25.0 Å². The largest absolute Gasteiger partial charge is 0.475 e. The molecule has 4 aromatic rings. The maximum absolute atomic E-state index is 14.6. The molecule has 11 nitrogen and oxygen atoms in total. The lowest BCUT2D eigenvalue weighted by atomic mass is 9.87. The molecule has 2 aromatic carbocycles. The lowest BCUT2D eigenvalue weighted by Gasteiger charge is -2.35. The predicted octanol–water partition coefficient (Wildman–Crippen LogP) is 6.57. The maximum Gasteiger partial charge on any atom is 0.264 e. The molecule has 2 atom stereocenters. The Kier molecular flexibility index (Phi) is 9.00. The third kappa shape index (κ3) is 7.31. The highest BCUT2D eigenvalue weighted by atomic mass is 32.2. The van der Waals surface area contributed by atoms with Crippen LogP contribution in [0.3, 0.4) is 0 Å². The van der Waals surface area contributed by atoms with E-state index in [0.717, 1.165) is 41.9 Å². The molecule has 7 rings (SSSR count). The third-order valence-corrected chi connectivity index (χ3v) is 11.1. The van der Waals surface area contributed by atoms with Gasteiger partial charge in [-0.25, -0.2) is 23.1 Å². The molecule has 3 aliphatic rings. The van der Waals surface area contributed by atoms with Crippen LogP contribution in [-0.4, -0.2) is 64.4 Å². The molecule has 0 radical (unpaired) electrons. The van der Waals surface area contributed by atoms with Crippen molar-refractivity contribution in [1.82, 2.24) is 24.8 Å². The van der Waals surface area contributed by atoms with Gasteiger partial charge in [0.1, 0.15) is 12.4 Å². The van der Waals surface area contributed by atoms with E-state index in [9.17, 15) is 13.2 Å². The van der Waals surface area contributed by atoms with Crippen molar-refractivity contribution in [3.63, 3.8) is 0 Å². The van der Waals surface area contributed by atoms with E-state index >= 15 is 0 Å². The van der Waals surface area contributed by atoms with Crippen molar-refractivity contribution in [2.45, 2.75) is 90.2 Å². The molecular formula is C38H45N7O4S. The van der Waals surface area contributed by atoms with Crippen LogP contribution < -0.4 is 14.4 Å². The fraction of sp³-hybridized carbons (Fsp3) is 0.447. The van der Waals surface area contributed by atoms with Crippen LogP contribution in [0.2, 0.25) is 0 Å². The Labute approximate surface area is 294 Å². The molecule has 0 spiro atoms. The highest BCUT2D eigenvalue weighted by Gasteiger charge is 2.39. The van der Waals surface area contributed by atoms with Gasteiger partial charge in [0.2, 0.25) is 11.8 Å². The van der Waals surface area contributed by atoms with E-state index in [4.69, 9.17) is 9.72 Å². The first kappa shape index (κ1) is 33.9. The summed E-state index contributed by atoms with van der Waals surface area (Å²) in [4.78, 5) is 37.4. The van der Waals surface area contributed by atoms with Gasteiger partial charge >= 0.3 is 0 Å². The number of ether oxygens (including phenoxy) is 1. The average Bonchev–Trinajstić information content (AvgIpc) is 3.79. The van der Waals surface area contributed by atoms with Gasteiger partial charge in [-0.1, -0.05) is 45.0 Å². The SMILES string of the molecule is Cc1cccc(C)c1-c1cc2nc(n1)NS(=O)(=O)c1cccc(c1)C(=O)N(Cc1cncc(N3CCC[C@H]3C3CC3)n1)[C@H](CC(C)(C)C)CO2. The van der Waals surface area contributed by atoms with Gasteiger partial charge in [0.05, 0.1) is 41.3 Å². The number of hydrogen-bond donors (Lipinski definition) is 1. The number of nitrogens with one attached hydrogen (secondary N) is 1. The molecule has 2 fully saturated rings. The van der Waals surface area contributed by atoms with Crippen molar-refractivity contribution in [2.24, 2.45) is 11.3 Å². The number of rotatable bonds is 6. The molecule has 2 aliphatic heterocycles. The number of fused-ring (bicyclic) bond motifs is 4. The van der Waals surface area contributed by atoms with E-state index < -0.39 is 16.1 Å². The van der Waals surface area contributed by atoms with Crippen molar-refractivity contribution >= 4 is 27.7 Å². The first-order valence-electron chi connectivity index (χ1n) is 17.4. The molecule has 262 valence electrons. The minimum absolute atomic E-state index is 0.0691. The molecule has 12 heteroatoms. The lowest BCUT2D eigenvalue weighted by molar-refractivity contribution is 0.0509. The lowest BCUT2D eigenvalue weighted by Crippen LogP contribution is -2.45. The summed E-state index contributed by atoms with van der Waals surface area (Å²) in [5, 5.41) is 0. The molecule has 1 aliphatic carbocycles. The monoisotopic (exact) mass is 695 g/mol. The summed E-state index contributed by atoms with van der Waals surface area (Å²) in [6.45, 7) is 11.6. The minimum atomic E-state index is -4.17. The Morgan fingerprint density at radius 3 is 2.46 bits per heavy atom. The Hall–Kier alpha value is -4.58. The van der Waals surface area contributed by atoms with E-state index in [1.54, 1.807) is 29.3 Å². The van der Waals surface area contributed by atoms with Crippen molar-refractivity contribution in [3.05, 3.63) is 83.3 Å². The number of nitrogens with zero attached hydrogens (tertiary/aromatic N) is 6. The van der Waals surface area contributed by atoms with Gasteiger partial charge < -0.3 is 14.5 Å². The summed E-state index contributed by atoms with van der Waals surface area (Å²) in [5.74, 6) is 1.32.